The molecule has 0 bridgehead atoms. The summed E-state index contributed by atoms with van der Waals surface area (Å²) < 4.78 is 0. The smallest absolute Gasteiger partial charge is 0.243 e. The number of benzene rings is 2. The van der Waals surface area contributed by atoms with E-state index in [1.54, 1.807) is 0 Å². The van der Waals surface area contributed by atoms with Gasteiger partial charge in [-0.25, -0.2) is 0 Å². The number of nitrogens with zero attached hydrogens (tertiary/aromatic N) is 1. The van der Waals surface area contributed by atoms with E-state index in [0.29, 0.717) is 5.69 Å². The zero-order chi connectivity index (χ0) is 20.1. The zero-order valence-corrected chi connectivity index (χ0v) is 18.9. The van der Waals surface area contributed by atoms with Gasteiger partial charge >= 0.3 is 0 Å². The Hall–Kier alpha value is -2.28. The van der Waals surface area contributed by atoms with Gasteiger partial charge in [0.15, 0.2) is 0 Å². The standard InChI is InChI=1S/C22H28N4O2.2ClH/c1-15(2)21(23)22(28)24-13-20(27)25-18-9-7-16(8-10-18)14-26-12-11-17-5-3-4-6-19(17)26;;/h3-10,15,21H,11-14,23H2,1-2H3,(H,24,28)(H,25,27);2*1H/t21-;;/m0../s1. The summed E-state index contributed by atoms with van der Waals surface area (Å²) >= 11 is 0. The quantitative estimate of drug-likeness (QED) is 0.601. The molecular formula is C22H30Cl2N4O2. The molecule has 0 aliphatic carbocycles. The number of para-hydroxylation sites is 1. The Bertz CT molecular complexity index is 843. The Kier molecular flexibility index (Phi) is 10.1. The third-order valence-corrected chi connectivity index (χ3v) is 5.04. The number of halogens is 2. The van der Waals surface area contributed by atoms with E-state index >= 15 is 0 Å². The van der Waals surface area contributed by atoms with Crippen LogP contribution in [-0.4, -0.2) is 30.9 Å². The molecule has 164 valence electrons. The van der Waals surface area contributed by atoms with Gasteiger partial charge in [-0.2, -0.15) is 0 Å². The van der Waals surface area contributed by atoms with E-state index in [0.717, 1.165) is 19.5 Å². The van der Waals surface area contributed by atoms with Crippen molar-refractivity contribution in [1.82, 2.24) is 5.32 Å². The lowest BCUT2D eigenvalue weighted by Crippen LogP contribution is -2.46. The second kappa shape index (κ2) is 11.8. The number of carbonyl (C=O) groups is 2. The molecular weight excluding hydrogens is 423 g/mol. The summed E-state index contributed by atoms with van der Waals surface area (Å²) in [6, 6.07) is 15.7. The van der Waals surface area contributed by atoms with Crippen LogP contribution in [0.25, 0.3) is 0 Å². The number of nitrogens with one attached hydrogen (secondary N) is 2. The Labute approximate surface area is 190 Å². The SMILES string of the molecule is CC(C)[C@H](N)C(=O)NCC(=O)Nc1ccc(CN2CCc3ccccc32)cc1.Cl.Cl. The maximum Gasteiger partial charge on any atom is 0.243 e. The normalized spacial score (nSPS) is 13.0. The molecule has 1 aliphatic heterocycles. The van der Waals surface area contributed by atoms with Crippen LogP contribution in [0, 0.1) is 5.92 Å². The average Bonchev–Trinajstić information content (AvgIpc) is 3.10. The molecule has 30 heavy (non-hydrogen) atoms. The van der Waals surface area contributed by atoms with Crippen molar-refractivity contribution >= 4 is 48.0 Å². The predicted molar refractivity (Wildman–Crippen MR) is 127 cm³/mol. The minimum absolute atomic E-state index is 0. The van der Waals surface area contributed by atoms with Gasteiger partial charge in [-0.05, 0) is 41.7 Å². The number of hydrogen-bond donors (Lipinski definition) is 3. The average molecular weight is 453 g/mol. The first-order valence-corrected chi connectivity index (χ1v) is 9.69. The van der Waals surface area contributed by atoms with Crippen molar-refractivity contribution in [2.75, 3.05) is 23.3 Å². The van der Waals surface area contributed by atoms with Crippen LogP contribution in [0.3, 0.4) is 0 Å². The zero-order valence-electron chi connectivity index (χ0n) is 17.3. The van der Waals surface area contributed by atoms with Crippen LogP contribution in [0.15, 0.2) is 48.5 Å². The fourth-order valence-electron chi connectivity index (χ4n) is 3.28. The molecule has 2 amide bonds. The third kappa shape index (κ3) is 6.62. The van der Waals surface area contributed by atoms with Crippen LogP contribution >= 0.6 is 24.8 Å². The molecule has 2 aromatic carbocycles. The number of nitrogens with two attached hydrogens (primary N) is 1. The molecule has 8 heteroatoms. The first kappa shape index (κ1) is 25.8. The highest BCUT2D eigenvalue weighted by atomic mass is 35.5. The second-order valence-corrected chi connectivity index (χ2v) is 7.53. The summed E-state index contributed by atoms with van der Waals surface area (Å²) in [7, 11) is 0. The van der Waals surface area contributed by atoms with Crippen LogP contribution < -0.4 is 21.3 Å². The van der Waals surface area contributed by atoms with Crippen molar-refractivity contribution in [1.29, 1.82) is 0 Å². The van der Waals surface area contributed by atoms with E-state index in [-0.39, 0.29) is 49.1 Å². The van der Waals surface area contributed by atoms with Gasteiger partial charge in [-0.3, -0.25) is 9.59 Å². The number of amides is 2. The maximum absolute atomic E-state index is 12.0. The predicted octanol–water partition coefficient (Wildman–Crippen LogP) is 3.13. The Balaban J connectivity index is 0.00000225. The summed E-state index contributed by atoms with van der Waals surface area (Å²) in [6.07, 6.45) is 1.08. The van der Waals surface area contributed by atoms with Gasteiger partial charge in [-0.15, -0.1) is 24.8 Å². The molecule has 0 fully saturated rings. The first-order chi connectivity index (χ1) is 13.4. The Morgan fingerprint density at radius 3 is 2.40 bits per heavy atom. The fourth-order valence-corrected chi connectivity index (χ4v) is 3.28. The van der Waals surface area contributed by atoms with E-state index in [1.165, 1.54) is 16.8 Å². The van der Waals surface area contributed by atoms with Gasteiger partial charge in [-0.1, -0.05) is 44.2 Å². The molecule has 1 aliphatic rings. The molecule has 0 saturated carbocycles. The lowest BCUT2D eigenvalue weighted by molar-refractivity contribution is -0.125. The number of anilines is 2. The van der Waals surface area contributed by atoms with Gasteiger partial charge in [0.05, 0.1) is 12.6 Å². The van der Waals surface area contributed by atoms with Gasteiger partial charge in [0.2, 0.25) is 11.8 Å². The molecule has 4 N–H and O–H groups in total. The van der Waals surface area contributed by atoms with Crippen LogP contribution in [-0.2, 0) is 22.6 Å². The molecule has 0 aromatic heterocycles. The third-order valence-electron chi connectivity index (χ3n) is 5.04. The van der Waals surface area contributed by atoms with E-state index in [4.69, 9.17) is 5.73 Å². The van der Waals surface area contributed by atoms with Crippen molar-refractivity contribution in [3.05, 3.63) is 59.7 Å². The molecule has 0 spiro atoms. The summed E-state index contributed by atoms with van der Waals surface area (Å²) in [5.41, 5.74) is 10.4. The molecule has 1 atom stereocenters. The van der Waals surface area contributed by atoms with Crippen molar-refractivity contribution in [2.45, 2.75) is 32.9 Å². The highest BCUT2D eigenvalue weighted by molar-refractivity contribution is 5.95. The second-order valence-electron chi connectivity index (χ2n) is 7.53. The van der Waals surface area contributed by atoms with E-state index in [1.807, 2.05) is 38.1 Å². The topological polar surface area (TPSA) is 87.5 Å². The van der Waals surface area contributed by atoms with Crippen LogP contribution in [0.5, 0.6) is 0 Å². The van der Waals surface area contributed by atoms with Gasteiger partial charge < -0.3 is 21.3 Å². The lowest BCUT2D eigenvalue weighted by Gasteiger charge is -2.19. The van der Waals surface area contributed by atoms with Gasteiger partial charge in [0, 0.05) is 24.5 Å². The number of fused-ring (bicyclic) bond motifs is 1. The summed E-state index contributed by atoms with van der Waals surface area (Å²) in [5.74, 6) is -0.560. The Morgan fingerprint density at radius 1 is 1.07 bits per heavy atom. The first-order valence-electron chi connectivity index (χ1n) is 9.69. The highest BCUT2D eigenvalue weighted by Gasteiger charge is 2.19. The number of hydrogen-bond acceptors (Lipinski definition) is 4. The molecule has 6 nitrogen and oxygen atoms in total. The van der Waals surface area contributed by atoms with Crippen molar-refractivity contribution in [3.63, 3.8) is 0 Å². The van der Waals surface area contributed by atoms with Crippen LogP contribution in [0.2, 0.25) is 0 Å². The maximum atomic E-state index is 12.0. The summed E-state index contributed by atoms with van der Waals surface area (Å²) in [5, 5.41) is 5.36. The highest BCUT2D eigenvalue weighted by Crippen LogP contribution is 2.28. The van der Waals surface area contributed by atoms with Crippen molar-refractivity contribution in [2.24, 2.45) is 11.7 Å². The van der Waals surface area contributed by atoms with E-state index in [2.05, 4.69) is 39.8 Å². The molecule has 0 saturated heterocycles. The van der Waals surface area contributed by atoms with E-state index < -0.39 is 6.04 Å². The molecule has 2 aromatic rings. The largest absolute Gasteiger partial charge is 0.367 e. The van der Waals surface area contributed by atoms with Crippen molar-refractivity contribution < 1.29 is 9.59 Å². The summed E-state index contributed by atoms with van der Waals surface area (Å²) in [6.45, 7) is 5.51. The van der Waals surface area contributed by atoms with Gasteiger partial charge in [0.25, 0.3) is 0 Å². The number of carbonyl (C=O) groups excluding carboxylic acids is 2. The molecule has 1 heterocycles. The summed E-state index contributed by atoms with van der Waals surface area (Å²) in [4.78, 5) is 26.2. The van der Waals surface area contributed by atoms with Crippen LogP contribution in [0.4, 0.5) is 11.4 Å². The molecule has 3 rings (SSSR count). The molecule has 0 radical (unpaired) electrons. The molecule has 0 unspecified atom stereocenters. The minimum Gasteiger partial charge on any atom is -0.367 e. The Morgan fingerprint density at radius 2 is 1.73 bits per heavy atom. The minimum atomic E-state index is -0.609. The van der Waals surface area contributed by atoms with Crippen LogP contribution in [0.1, 0.15) is 25.0 Å². The van der Waals surface area contributed by atoms with Gasteiger partial charge in [0.1, 0.15) is 0 Å². The monoisotopic (exact) mass is 452 g/mol. The fraction of sp³-hybridized carbons (Fsp3) is 0.364. The van der Waals surface area contributed by atoms with E-state index in [9.17, 15) is 9.59 Å². The number of rotatable bonds is 7. The lowest BCUT2D eigenvalue weighted by atomic mass is 10.1. The van der Waals surface area contributed by atoms with Crippen molar-refractivity contribution in [3.8, 4) is 0 Å².